The Morgan fingerprint density at radius 1 is 1.73 bits per heavy atom. The molecule has 1 aliphatic rings. The molecule has 2 unspecified atom stereocenters. The van der Waals surface area contributed by atoms with E-state index in [2.05, 4.69) is 17.5 Å². The average molecular weight is 213 g/mol. The van der Waals surface area contributed by atoms with Gasteiger partial charge in [-0.05, 0) is 18.8 Å². The van der Waals surface area contributed by atoms with Crippen molar-refractivity contribution >= 4 is 5.91 Å². The second kappa shape index (κ2) is 6.58. The van der Waals surface area contributed by atoms with Gasteiger partial charge in [0.25, 0.3) is 0 Å². The molecule has 0 saturated heterocycles. The zero-order valence-electron chi connectivity index (χ0n) is 9.11. The summed E-state index contributed by atoms with van der Waals surface area (Å²) >= 11 is 0. The van der Waals surface area contributed by atoms with Crippen LogP contribution in [0.25, 0.3) is 0 Å². The van der Waals surface area contributed by atoms with Crippen molar-refractivity contribution < 1.29 is 14.6 Å². The van der Waals surface area contributed by atoms with Crippen LogP contribution < -0.4 is 5.32 Å². The molecule has 0 saturated carbocycles. The SMILES string of the molecule is COCC(CO)NC(=O)CC1C=CCC1. The van der Waals surface area contributed by atoms with E-state index in [1.807, 2.05) is 0 Å². The van der Waals surface area contributed by atoms with E-state index in [4.69, 9.17) is 9.84 Å². The van der Waals surface area contributed by atoms with E-state index in [9.17, 15) is 4.79 Å². The fourth-order valence-corrected chi connectivity index (χ4v) is 1.73. The number of allylic oxidation sites excluding steroid dienone is 2. The zero-order valence-corrected chi connectivity index (χ0v) is 9.11. The van der Waals surface area contributed by atoms with Gasteiger partial charge in [0, 0.05) is 13.5 Å². The summed E-state index contributed by atoms with van der Waals surface area (Å²) in [6, 6.07) is -0.284. The number of nitrogens with one attached hydrogen (secondary N) is 1. The van der Waals surface area contributed by atoms with E-state index in [-0.39, 0.29) is 18.6 Å². The predicted octanol–water partition coefficient (Wildman–Crippen LogP) is 0.466. The van der Waals surface area contributed by atoms with Crippen LogP contribution in [0, 0.1) is 5.92 Å². The molecule has 2 atom stereocenters. The lowest BCUT2D eigenvalue weighted by molar-refractivity contribution is -0.123. The highest BCUT2D eigenvalue weighted by Gasteiger charge is 2.16. The molecule has 0 bridgehead atoms. The molecule has 2 N–H and O–H groups in total. The summed E-state index contributed by atoms with van der Waals surface area (Å²) in [5, 5.41) is 11.7. The highest BCUT2D eigenvalue weighted by Crippen LogP contribution is 2.19. The summed E-state index contributed by atoms with van der Waals surface area (Å²) in [7, 11) is 1.55. The number of ether oxygens (including phenoxy) is 1. The molecular formula is C11H19NO3. The number of carbonyl (C=O) groups is 1. The summed E-state index contributed by atoms with van der Waals surface area (Å²) in [4.78, 5) is 11.5. The van der Waals surface area contributed by atoms with Crippen molar-refractivity contribution in [1.29, 1.82) is 0 Å². The van der Waals surface area contributed by atoms with E-state index < -0.39 is 0 Å². The highest BCUT2D eigenvalue weighted by atomic mass is 16.5. The van der Waals surface area contributed by atoms with Gasteiger partial charge in [-0.3, -0.25) is 4.79 Å². The minimum absolute atomic E-state index is 0.0114. The summed E-state index contributed by atoms with van der Waals surface area (Å²) in [5.74, 6) is 0.356. The fraction of sp³-hybridized carbons (Fsp3) is 0.727. The van der Waals surface area contributed by atoms with Gasteiger partial charge in [-0.15, -0.1) is 0 Å². The lowest BCUT2D eigenvalue weighted by atomic mass is 10.0. The molecule has 0 radical (unpaired) electrons. The Morgan fingerprint density at radius 2 is 2.53 bits per heavy atom. The smallest absolute Gasteiger partial charge is 0.220 e. The standard InChI is InChI=1S/C11H19NO3/c1-15-8-10(7-13)12-11(14)6-9-4-2-3-5-9/h2,4,9-10,13H,3,5-8H2,1H3,(H,12,14). The number of amides is 1. The second-order valence-corrected chi connectivity index (χ2v) is 3.87. The van der Waals surface area contributed by atoms with Crippen molar-refractivity contribution in [2.45, 2.75) is 25.3 Å². The maximum atomic E-state index is 11.5. The third-order valence-corrected chi connectivity index (χ3v) is 2.51. The van der Waals surface area contributed by atoms with Gasteiger partial charge in [-0.25, -0.2) is 0 Å². The van der Waals surface area contributed by atoms with E-state index >= 15 is 0 Å². The molecule has 15 heavy (non-hydrogen) atoms. The van der Waals surface area contributed by atoms with Gasteiger partial charge in [0.15, 0.2) is 0 Å². The fourth-order valence-electron chi connectivity index (χ4n) is 1.73. The zero-order chi connectivity index (χ0) is 11.1. The molecule has 0 heterocycles. The molecule has 0 aromatic carbocycles. The molecule has 0 fully saturated rings. The van der Waals surface area contributed by atoms with Crippen molar-refractivity contribution in [1.82, 2.24) is 5.32 Å². The molecule has 4 heteroatoms. The maximum Gasteiger partial charge on any atom is 0.220 e. The highest BCUT2D eigenvalue weighted by molar-refractivity contribution is 5.76. The molecule has 1 aliphatic carbocycles. The minimum Gasteiger partial charge on any atom is -0.394 e. The van der Waals surface area contributed by atoms with Crippen LogP contribution in [0.15, 0.2) is 12.2 Å². The van der Waals surface area contributed by atoms with Crippen molar-refractivity contribution in [2.24, 2.45) is 5.92 Å². The molecule has 86 valence electrons. The average Bonchev–Trinajstić information content (AvgIpc) is 2.69. The van der Waals surface area contributed by atoms with Crippen LogP contribution in [-0.2, 0) is 9.53 Å². The van der Waals surface area contributed by atoms with Gasteiger partial charge in [-0.2, -0.15) is 0 Å². The molecular weight excluding hydrogens is 194 g/mol. The first-order valence-electron chi connectivity index (χ1n) is 5.32. The lowest BCUT2D eigenvalue weighted by Crippen LogP contribution is -2.41. The van der Waals surface area contributed by atoms with Crippen molar-refractivity contribution in [2.75, 3.05) is 20.3 Å². The van der Waals surface area contributed by atoms with Crippen molar-refractivity contribution in [3.63, 3.8) is 0 Å². The van der Waals surface area contributed by atoms with Gasteiger partial charge in [-0.1, -0.05) is 12.2 Å². The maximum absolute atomic E-state index is 11.5. The van der Waals surface area contributed by atoms with Crippen LogP contribution >= 0.6 is 0 Å². The van der Waals surface area contributed by atoms with E-state index in [0.29, 0.717) is 18.9 Å². The summed E-state index contributed by atoms with van der Waals surface area (Å²) in [5.41, 5.74) is 0. The summed E-state index contributed by atoms with van der Waals surface area (Å²) in [6.07, 6.45) is 6.83. The second-order valence-electron chi connectivity index (χ2n) is 3.87. The van der Waals surface area contributed by atoms with Crippen LogP contribution in [0.4, 0.5) is 0 Å². The van der Waals surface area contributed by atoms with Crippen LogP contribution in [0.2, 0.25) is 0 Å². The van der Waals surface area contributed by atoms with Crippen LogP contribution in [0.1, 0.15) is 19.3 Å². The number of rotatable bonds is 6. The number of hydrogen-bond donors (Lipinski definition) is 2. The van der Waals surface area contributed by atoms with Gasteiger partial charge < -0.3 is 15.2 Å². The van der Waals surface area contributed by atoms with Crippen LogP contribution in [0.5, 0.6) is 0 Å². The first-order chi connectivity index (χ1) is 7.26. The van der Waals surface area contributed by atoms with E-state index in [0.717, 1.165) is 12.8 Å². The molecule has 1 rings (SSSR count). The Morgan fingerprint density at radius 3 is 3.07 bits per heavy atom. The van der Waals surface area contributed by atoms with Crippen molar-refractivity contribution in [3.05, 3.63) is 12.2 Å². The van der Waals surface area contributed by atoms with Gasteiger partial charge in [0.2, 0.25) is 5.91 Å². The molecule has 0 aromatic heterocycles. The number of methoxy groups -OCH3 is 1. The topological polar surface area (TPSA) is 58.6 Å². The van der Waals surface area contributed by atoms with E-state index in [1.54, 1.807) is 7.11 Å². The molecule has 1 amide bonds. The number of aliphatic hydroxyl groups is 1. The Bertz CT molecular complexity index is 228. The minimum atomic E-state index is -0.284. The Kier molecular flexibility index (Phi) is 5.36. The molecule has 0 aromatic rings. The summed E-state index contributed by atoms with van der Waals surface area (Å²) < 4.78 is 4.88. The van der Waals surface area contributed by atoms with Crippen molar-refractivity contribution in [3.8, 4) is 0 Å². The van der Waals surface area contributed by atoms with Crippen LogP contribution in [-0.4, -0.2) is 37.4 Å². The molecule has 0 aliphatic heterocycles. The van der Waals surface area contributed by atoms with Gasteiger partial charge >= 0.3 is 0 Å². The largest absolute Gasteiger partial charge is 0.394 e. The summed E-state index contributed by atoms with van der Waals surface area (Å²) in [6.45, 7) is 0.267. The lowest BCUT2D eigenvalue weighted by Gasteiger charge is -2.16. The normalized spacial score (nSPS) is 21.6. The first-order valence-corrected chi connectivity index (χ1v) is 5.32. The monoisotopic (exact) mass is 213 g/mol. The Hall–Kier alpha value is -0.870. The van der Waals surface area contributed by atoms with Gasteiger partial charge in [0.1, 0.15) is 0 Å². The first kappa shape index (κ1) is 12.2. The molecule has 0 spiro atoms. The number of aliphatic hydroxyl groups excluding tert-OH is 1. The third-order valence-electron chi connectivity index (χ3n) is 2.51. The number of carbonyl (C=O) groups excluding carboxylic acids is 1. The quantitative estimate of drug-likeness (QED) is 0.630. The van der Waals surface area contributed by atoms with Crippen LogP contribution in [0.3, 0.4) is 0 Å². The molecule has 4 nitrogen and oxygen atoms in total. The van der Waals surface area contributed by atoms with Gasteiger partial charge in [0.05, 0.1) is 19.3 Å². The number of hydrogen-bond acceptors (Lipinski definition) is 3. The Balaban J connectivity index is 2.24. The van der Waals surface area contributed by atoms with E-state index in [1.165, 1.54) is 0 Å². The predicted molar refractivity (Wildman–Crippen MR) is 57.4 cm³/mol. The Labute approximate surface area is 90.3 Å². The third kappa shape index (κ3) is 4.44.